The fourth-order valence-electron chi connectivity index (χ4n) is 3.59. The highest BCUT2D eigenvalue weighted by atomic mass is 14.7. The van der Waals surface area contributed by atoms with E-state index >= 15 is 0 Å². The molecular formula is C22H31N. The summed E-state index contributed by atoms with van der Waals surface area (Å²) in [5.41, 5.74) is 6.93. The van der Waals surface area contributed by atoms with Crippen molar-refractivity contribution in [2.24, 2.45) is 10.9 Å². The van der Waals surface area contributed by atoms with Crippen molar-refractivity contribution in [1.29, 1.82) is 0 Å². The van der Waals surface area contributed by atoms with Gasteiger partial charge in [-0.25, -0.2) is 0 Å². The first-order valence-corrected chi connectivity index (χ1v) is 9.10. The average Bonchev–Trinajstić information content (AvgIpc) is 2.57. The molecule has 124 valence electrons. The van der Waals surface area contributed by atoms with Crippen LogP contribution in [0.4, 0.5) is 0 Å². The van der Waals surface area contributed by atoms with E-state index in [9.17, 15) is 0 Å². The summed E-state index contributed by atoms with van der Waals surface area (Å²) in [4.78, 5) is 4.65. The van der Waals surface area contributed by atoms with Crippen LogP contribution in [0.5, 0.6) is 0 Å². The Morgan fingerprint density at radius 2 is 2.17 bits per heavy atom. The van der Waals surface area contributed by atoms with Crippen molar-refractivity contribution in [3.63, 3.8) is 0 Å². The van der Waals surface area contributed by atoms with E-state index in [0.29, 0.717) is 5.92 Å². The van der Waals surface area contributed by atoms with Gasteiger partial charge in [0.25, 0.3) is 0 Å². The Bertz CT molecular complexity index is 581. The van der Waals surface area contributed by atoms with Gasteiger partial charge in [-0.3, -0.25) is 4.99 Å². The third-order valence-corrected chi connectivity index (χ3v) is 5.05. The summed E-state index contributed by atoms with van der Waals surface area (Å²) < 4.78 is 0. The zero-order chi connectivity index (χ0) is 16.7. The number of hydrogen-bond acceptors (Lipinski definition) is 1. The van der Waals surface area contributed by atoms with Gasteiger partial charge in [-0.05, 0) is 73.5 Å². The maximum absolute atomic E-state index is 4.65. The van der Waals surface area contributed by atoms with E-state index in [1.54, 1.807) is 0 Å². The molecule has 1 heterocycles. The minimum atomic E-state index is 0.549. The number of aliphatic imine (C=N–C) groups is 1. The van der Waals surface area contributed by atoms with Crippen molar-refractivity contribution in [3.8, 4) is 0 Å². The molecule has 0 fully saturated rings. The molecule has 2 rings (SSSR count). The predicted molar refractivity (Wildman–Crippen MR) is 103 cm³/mol. The minimum Gasteiger partial charge on any atom is -0.293 e. The molecule has 0 amide bonds. The van der Waals surface area contributed by atoms with E-state index in [1.807, 2.05) is 6.21 Å². The predicted octanol–water partition coefficient (Wildman–Crippen LogP) is 6.36. The van der Waals surface area contributed by atoms with Crippen LogP contribution >= 0.6 is 0 Å². The third-order valence-electron chi connectivity index (χ3n) is 5.05. The minimum absolute atomic E-state index is 0.549. The van der Waals surface area contributed by atoms with Gasteiger partial charge < -0.3 is 0 Å². The number of allylic oxidation sites excluding steroid dienone is 8. The molecule has 2 aliphatic rings. The topological polar surface area (TPSA) is 12.4 Å². The van der Waals surface area contributed by atoms with Crippen LogP contribution in [0, 0.1) is 5.92 Å². The molecule has 1 aliphatic carbocycles. The van der Waals surface area contributed by atoms with Gasteiger partial charge in [-0.2, -0.15) is 0 Å². The Labute approximate surface area is 142 Å². The van der Waals surface area contributed by atoms with Crippen LogP contribution in [0.15, 0.2) is 63.7 Å². The number of fused-ring (bicyclic) bond motifs is 2. The molecule has 0 aromatic rings. The molecule has 0 saturated heterocycles. The van der Waals surface area contributed by atoms with Crippen molar-refractivity contribution in [2.75, 3.05) is 6.54 Å². The molecule has 0 spiro atoms. The highest BCUT2D eigenvalue weighted by Crippen LogP contribution is 2.34. The van der Waals surface area contributed by atoms with Crippen LogP contribution in [0.1, 0.15) is 59.3 Å². The maximum atomic E-state index is 4.65. The summed E-state index contributed by atoms with van der Waals surface area (Å²) in [6, 6.07) is 0. The average molecular weight is 309 g/mol. The molecule has 1 unspecified atom stereocenters. The van der Waals surface area contributed by atoms with Crippen molar-refractivity contribution in [3.05, 3.63) is 58.7 Å². The van der Waals surface area contributed by atoms with Crippen LogP contribution in [0.2, 0.25) is 0 Å². The number of nitrogens with zero attached hydrogens (tertiary/aromatic N) is 1. The zero-order valence-corrected chi connectivity index (χ0v) is 15.1. The van der Waals surface area contributed by atoms with Gasteiger partial charge in [0.05, 0.1) is 0 Å². The van der Waals surface area contributed by atoms with Crippen LogP contribution in [-0.2, 0) is 0 Å². The molecule has 2 bridgehead atoms. The van der Waals surface area contributed by atoms with Gasteiger partial charge in [-0.1, -0.05) is 44.6 Å². The van der Waals surface area contributed by atoms with Gasteiger partial charge in [-0.15, -0.1) is 0 Å². The highest BCUT2D eigenvalue weighted by molar-refractivity contribution is 5.74. The van der Waals surface area contributed by atoms with Crippen molar-refractivity contribution in [1.82, 2.24) is 0 Å². The molecule has 0 aromatic heterocycles. The molecule has 0 saturated carbocycles. The van der Waals surface area contributed by atoms with E-state index in [1.165, 1.54) is 54.4 Å². The lowest BCUT2D eigenvalue weighted by atomic mass is 9.85. The maximum Gasteiger partial charge on any atom is 0.0458 e. The van der Waals surface area contributed by atoms with Gasteiger partial charge in [0, 0.05) is 18.7 Å². The van der Waals surface area contributed by atoms with Crippen molar-refractivity contribution < 1.29 is 0 Å². The van der Waals surface area contributed by atoms with Gasteiger partial charge in [0.2, 0.25) is 0 Å². The Balaban J connectivity index is 2.50. The monoisotopic (exact) mass is 309 g/mol. The molecule has 0 N–H and O–H groups in total. The van der Waals surface area contributed by atoms with E-state index in [-0.39, 0.29) is 0 Å². The second-order valence-corrected chi connectivity index (χ2v) is 6.63. The van der Waals surface area contributed by atoms with Gasteiger partial charge in [0.15, 0.2) is 0 Å². The Hall–Kier alpha value is -1.63. The summed E-state index contributed by atoms with van der Waals surface area (Å²) >= 11 is 0. The second kappa shape index (κ2) is 8.86. The zero-order valence-electron chi connectivity index (χ0n) is 15.1. The third kappa shape index (κ3) is 4.67. The molecule has 1 atom stereocenters. The smallest absolute Gasteiger partial charge is 0.0458 e. The molecule has 0 radical (unpaired) electrons. The van der Waals surface area contributed by atoms with Crippen LogP contribution in [0.3, 0.4) is 0 Å². The highest BCUT2D eigenvalue weighted by Gasteiger charge is 2.20. The first kappa shape index (κ1) is 17.7. The first-order valence-electron chi connectivity index (χ1n) is 9.10. The first-order chi connectivity index (χ1) is 11.2. The summed E-state index contributed by atoms with van der Waals surface area (Å²) in [6.07, 6.45) is 18.3. The van der Waals surface area contributed by atoms with E-state index in [0.717, 1.165) is 18.5 Å². The Morgan fingerprint density at radius 1 is 1.35 bits per heavy atom. The quantitative estimate of drug-likeness (QED) is 0.535. The van der Waals surface area contributed by atoms with Crippen LogP contribution in [0.25, 0.3) is 0 Å². The largest absolute Gasteiger partial charge is 0.293 e. The van der Waals surface area contributed by atoms with E-state index in [2.05, 4.69) is 56.6 Å². The van der Waals surface area contributed by atoms with Crippen molar-refractivity contribution in [2.45, 2.75) is 59.3 Å². The fourth-order valence-corrected chi connectivity index (χ4v) is 3.59. The summed E-state index contributed by atoms with van der Waals surface area (Å²) in [6.45, 7) is 11.8. The standard InChI is InChI=1S/C22H31N/c1-5-10-17(3)19(6-2)15-22-18(4)20-11-8-7-9-12-21(22)16-23-14-13-20/h5,10,13-15,21H,3,6-9,11-12,16H2,1-2,4H3/b10-5-,19-15+,20-13+,22-18-,23-14?. The normalized spacial score (nSPS) is 28.6. The van der Waals surface area contributed by atoms with Gasteiger partial charge >= 0.3 is 0 Å². The molecule has 1 heteroatoms. The fraction of sp³-hybridized carbons (Fsp3) is 0.500. The van der Waals surface area contributed by atoms with Gasteiger partial charge in [0.1, 0.15) is 0 Å². The summed E-state index contributed by atoms with van der Waals surface area (Å²) in [5, 5.41) is 0. The lowest BCUT2D eigenvalue weighted by Crippen LogP contribution is -2.11. The molecule has 1 aliphatic heterocycles. The Kier molecular flexibility index (Phi) is 6.83. The van der Waals surface area contributed by atoms with E-state index in [4.69, 9.17) is 0 Å². The summed E-state index contributed by atoms with van der Waals surface area (Å²) in [5.74, 6) is 0.549. The number of hydrogen-bond donors (Lipinski definition) is 0. The van der Waals surface area contributed by atoms with Crippen molar-refractivity contribution >= 4 is 6.21 Å². The lowest BCUT2D eigenvalue weighted by molar-refractivity contribution is 0.532. The lowest BCUT2D eigenvalue weighted by Gasteiger charge is -2.22. The van der Waals surface area contributed by atoms with Crippen LogP contribution in [-0.4, -0.2) is 12.8 Å². The second-order valence-electron chi connectivity index (χ2n) is 6.63. The number of rotatable bonds is 4. The molecule has 23 heavy (non-hydrogen) atoms. The Morgan fingerprint density at radius 3 is 2.91 bits per heavy atom. The SMILES string of the molecule is C=C(/C=C\C)/C(=C/C1=C(C)/C2=C/C=NCC1CCCCC2)CC. The summed E-state index contributed by atoms with van der Waals surface area (Å²) in [7, 11) is 0. The van der Waals surface area contributed by atoms with E-state index < -0.39 is 0 Å². The molecular weight excluding hydrogens is 278 g/mol. The molecule has 1 nitrogen and oxygen atoms in total. The van der Waals surface area contributed by atoms with Crippen LogP contribution < -0.4 is 0 Å². The molecule has 0 aromatic carbocycles.